The molecule has 0 saturated carbocycles. The van der Waals surface area contributed by atoms with Crippen LogP contribution in [0.15, 0.2) is 268 Å². The van der Waals surface area contributed by atoms with E-state index in [9.17, 15) is 0 Å². The Morgan fingerprint density at radius 1 is 0.254 bits per heavy atom. The van der Waals surface area contributed by atoms with E-state index in [-0.39, 0.29) is 0 Å². The molecule has 0 aromatic heterocycles. The molecule has 1 nitrogen and oxygen atoms in total. The van der Waals surface area contributed by atoms with Crippen LogP contribution in [0.3, 0.4) is 0 Å². The van der Waals surface area contributed by atoms with Crippen molar-refractivity contribution in [3.8, 4) is 22.3 Å². The minimum Gasteiger partial charge on any atom is -0.310 e. The largest absolute Gasteiger partial charge is 0.310 e. The molecule has 2 aliphatic heterocycles. The van der Waals surface area contributed by atoms with Crippen LogP contribution >= 0.6 is 23.5 Å². The van der Waals surface area contributed by atoms with Crippen LogP contribution < -0.4 is 4.90 Å². The maximum atomic E-state index is 2.60. The van der Waals surface area contributed by atoms with Crippen LogP contribution in [0, 0.1) is 0 Å². The first kappa shape index (κ1) is 39.7. The highest BCUT2D eigenvalue weighted by Gasteiger charge is 2.52. The van der Waals surface area contributed by atoms with Gasteiger partial charge in [-0.2, -0.15) is 0 Å². The molecule has 0 saturated heterocycles. The van der Waals surface area contributed by atoms with Gasteiger partial charge in [-0.1, -0.05) is 218 Å². The average Bonchev–Trinajstić information content (AvgIpc) is 3.89. The normalized spacial score (nSPS) is 14.6. The Hall–Kier alpha value is -8.08. The van der Waals surface area contributed by atoms with Gasteiger partial charge in [0, 0.05) is 36.5 Å². The summed E-state index contributed by atoms with van der Waals surface area (Å²) in [4.78, 5) is 7.82. The Kier molecular flexibility index (Phi) is 8.24. The lowest BCUT2D eigenvalue weighted by Gasteiger charge is -2.40. The van der Waals surface area contributed by atoms with Gasteiger partial charge in [-0.05, 0) is 148 Å². The third-order valence-corrected chi connectivity index (χ3v) is 18.5. The number of anilines is 3. The molecular weight excluding hydrogens is 895 g/mol. The molecule has 12 aromatic rings. The summed E-state index contributed by atoms with van der Waals surface area (Å²) >= 11 is 3.79. The number of hydrogen-bond donors (Lipinski definition) is 0. The zero-order valence-corrected chi connectivity index (χ0v) is 40.1. The highest BCUT2D eigenvalue weighted by Crippen LogP contribution is 2.66. The molecule has 0 unspecified atom stereocenters. The second kappa shape index (κ2) is 14.7. The Morgan fingerprint density at radius 2 is 0.634 bits per heavy atom. The van der Waals surface area contributed by atoms with Gasteiger partial charge in [0.15, 0.2) is 0 Å². The number of fused-ring (bicyclic) bond motifs is 24. The van der Waals surface area contributed by atoms with Gasteiger partial charge < -0.3 is 4.90 Å². The van der Waals surface area contributed by atoms with E-state index in [2.05, 4.69) is 254 Å². The fourth-order valence-electron chi connectivity index (χ4n) is 13.5. The molecule has 2 spiro atoms. The summed E-state index contributed by atoms with van der Waals surface area (Å²) in [6.45, 7) is 0. The van der Waals surface area contributed by atoms with E-state index in [1.807, 2.05) is 23.5 Å². The van der Waals surface area contributed by atoms with E-state index < -0.39 is 10.8 Å². The molecule has 0 atom stereocenters. The minimum absolute atomic E-state index is 0.513. The van der Waals surface area contributed by atoms with E-state index in [0.29, 0.717) is 0 Å². The van der Waals surface area contributed by atoms with Crippen LogP contribution in [0.4, 0.5) is 17.1 Å². The lowest BCUT2D eigenvalue weighted by molar-refractivity contribution is 0.722. The zero-order valence-electron chi connectivity index (χ0n) is 38.4. The zero-order chi connectivity index (χ0) is 46.4. The van der Waals surface area contributed by atoms with Gasteiger partial charge in [-0.3, -0.25) is 0 Å². The van der Waals surface area contributed by atoms with Crippen LogP contribution in [0.25, 0.3) is 54.6 Å². The average molecular weight is 936 g/mol. The molecule has 0 radical (unpaired) electrons. The molecule has 330 valence electrons. The van der Waals surface area contributed by atoms with E-state index in [1.165, 1.54) is 119 Å². The topological polar surface area (TPSA) is 3.24 Å². The number of rotatable bonds is 3. The summed E-state index contributed by atoms with van der Waals surface area (Å²) in [5, 5.41) is 7.59. The fraction of sp³-hybridized carbons (Fsp3) is 0.0294. The van der Waals surface area contributed by atoms with E-state index >= 15 is 0 Å². The van der Waals surface area contributed by atoms with Crippen LogP contribution in [0.2, 0.25) is 0 Å². The fourth-order valence-corrected chi connectivity index (χ4v) is 15.9. The molecule has 2 heterocycles. The molecule has 0 bridgehead atoms. The van der Waals surface area contributed by atoms with Crippen LogP contribution in [0.1, 0.15) is 44.5 Å². The Labute approximate surface area is 421 Å². The molecule has 0 fully saturated rings. The summed E-state index contributed by atoms with van der Waals surface area (Å²) in [6.07, 6.45) is 0. The first-order valence-corrected chi connectivity index (χ1v) is 26.2. The van der Waals surface area contributed by atoms with Crippen molar-refractivity contribution >= 4 is 72.9 Å². The monoisotopic (exact) mass is 935 g/mol. The molecular formula is C68H41NS2. The van der Waals surface area contributed by atoms with Gasteiger partial charge in [0.2, 0.25) is 0 Å². The van der Waals surface area contributed by atoms with Gasteiger partial charge in [0.25, 0.3) is 0 Å². The standard InChI is InChI=1S/C68H41NS2/c1-2-20-46-44(18-1)45-19-3-4-21-47(45)52-40-42(36-38-48(46)52)69(43-37-39-50-49-22-5-7-24-53(49)68(60(50)41-43)57-28-11-15-34-64(57)71-65-35-16-12-29-58(65)68)61-31-17-30-59-66(61)51-23-6-8-25-54(51)67(59)55-26-9-13-32-62(55)70-63-33-14-10-27-56(63)67/h1-41H. The Morgan fingerprint density at radius 3 is 1.20 bits per heavy atom. The van der Waals surface area contributed by atoms with Crippen molar-refractivity contribution in [2.75, 3.05) is 4.90 Å². The predicted octanol–water partition coefficient (Wildman–Crippen LogP) is 18.3. The first-order valence-electron chi connectivity index (χ1n) is 24.6. The minimum atomic E-state index is -0.521. The van der Waals surface area contributed by atoms with Gasteiger partial charge in [-0.25, -0.2) is 0 Å². The smallest absolute Gasteiger partial charge is 0.0736 e. The second-order valence-electron chi connectivity index (χ2n) is 19.4. The lowest BCUT2D eigenvalue weighted by atomic mass is 9.67. The maximum Gasteiger partial charge on any atom is 0.0736 e. The van der Waals surface area contributed by atoms with Crippen LogP contribution in [-0.2, 0) is 10.8 Å². The van der Waals surface area contributed by atoms with Crippen molar-refractivity contribution in [2.24, 2.45) is 0 Å². The van der Waals surface area contributed by atoms with Gasteiger partial charge in [-0.15, -0.1) is 0 Å². The third-order valence-electron chi connectivity index (χ3n) is 16.2. The van der Waals surface area contributed by atoms with Gasteiger partial charge >= 0.3 is 0 Å². The molecule has 0 amide bonds. The summed E-state index contributed by atoms with van der Waals surface area (Å²) in [5.41, 5.74) is 18.2. The molecule has 16 rings (SSSR count). The van der Waals surface area contributed by atoms with Crippen molar-refractivity contribution in [3.63, 3.8) is 0 Å². The predicted molar refractivity (Wildman–Crippen MR) is 296 cm³/mol. The second-order valence-corrected chi connectivity index (χ2v) is 21.5. The molecule has 4 aliphatic rings. The Balaban J connectivity index is 1.03. The number of benzene rings is 12. The third kappa shape index (κ3) is 5.14. The van der Waals surface area contributed by atoms with Gasteiger partial charge in [0.1, 0.15) is 0 Å². The van der Waals surface area contributed by atoms with Gasteiger partial charge in [0.05, 0.1) is 16.5 Å². The highest BCUT2D eigenvalue weighted by atomic mass is 32.2. The van der Waals surface area contributed by atoms with Crippen LogP contribution in [-0.4, -0.2) is 0 Å². The van der Waals surface area contributed by atoms with E-state index in [1.54, 1.807) is 0 Å². The quantitative estimate of drug-likeness (QED) is 0.163. The summed E-state index contributed by atoms with van der Waals surface area (Å²) < 4.78 is 0. The van der Waals surface area contributed by atoms with Crippen molar-refractivity contribution in [2.45, 2.75) is 30.4 Å². The van der Waals surface area contributed by atoms with Crippen molar-refractivity contribution in [3.05, 3.63) is 293 Å². The lowest BCUT2D eigenvalue weighted by Crippen LogP contribution is -2.32. The summed E-state index contributed by atoms with van der Waals surface area (Å²) in [7, 11) is 0. The molecule has 2 aliphatic carbocycles. The number of hydrogen-bond acceptors (Lipinski definition) is 3. The SMILES string of the molecule is c1ccc2c(c1)Sc1ccccc1C21c2ccccc2-c2ccc(N(c3ccc4c5ccccc5c5ccccc5c4c3)c3cccc4c3-c3ccccc3C43c4ccccc4Sc4ccccc43)cc21. The molecule has 0 N–H and O–H groups in total. The first-order chi connectivity index (χ1) is 35.2. The summed E-state index contributed by atoms with van der Waals surface area (Å²) in [6, 6.07) is 94.5. The highest BCUT2D eigenvalue weighted by molar-refractivity contribution is 7.99. The maximum absolute atomic E-state index is 2.60. The molecule has 71 heavy (non-hydrogen) atoms. The van der Waals surface area contributed by atoms with E-state index in [0.717, 1.165) is 17.1 Å². The van der Waals surface area contributed by atoms with Crippen molar-refractivity contribution < 1.29 is 0 Å². The Bertz CT molecular complexity index is 4150. The van der Waals surface area contributed by atoms with E-state index in [4.69, 9.17) is 0 Å². The molecule has 3 heteroatoms. The van der Waals surface area contributed by atoms with Crippen LogP contribution in [0.5, 0.6) is 0 Å². The number of nitrogens with zero attached hydrogens (tertiary/aromatic N) is 1. The molecule has 12 aromatic carbocycles. The van der Waals surface area contributed by atoms with Crippen molar-refractivity contribution in [1.29, 1.82) is 0 Å². The summed E-state index contributed by atoms with van der Waals surface area (Å²) in [5.74, 6) is 0. The van der Waals surface area contributed by atoms with Crippen molar-refractivity contribution in [1.82, 2.24) is 0 Å².